The number of benzene rings is 1. The van der Waals surface area contributed by atoms with Crippen molar-refractivity contribution in [1.29, 1.82) is 0 Å². The van der Waals surface area contributed by atoms with E-state index in [4.69, 9.17) is 0 Å². The van der Waals surface area contributed by atoms with E-state index in [-0.39, 0.29) is 16.8 Å². The van der Waals surface area contributed by atoms with Gasteiger partial charge in [-0.3, -0.25) is 4.79 Å². The predicted octanol–water partition coefficient (Wildman–Crippen LogP) is 3.60. The maximum Gasteiger partial charge on any atom is 0.323 e. The zero-order valence-electron chi connectivity index (χ0n) is 14.9. The van der Waals surface area contributed by atoms with Crippen LogP contribution in [0, 0.1) is 13.8 Å². The summed E-state index contributed by atoms with van der Waals surface area (Å²) in [5.41, 5.74) is 2.87. The summed E-state index contributed by atoms with van der Waals surface area (Å²) in [5.74, 6) is -0.131. The first-order valence-electron chi connectivity index (χ1n) is 8.32. The van der Waals surface area contributed by atoms with Gasteiger partial charge in [-0.15, -0.1) is 11.3 Å². The van der Waals surface area contributed by atoms with Crippen LogP contribution in [0.3, 0.4) is 0 Å². The molecule has 1 atom stereocenters. The number of thiophene rings is 1. The first kappa shape index (κ1) is 17.7. The van der Waals surface area contributed by atoms with E-state index in [2.05, 4.69) is 39.1 Å². The number of carbonyl (C=O) groups is 1. The lowest BCUT2D eigenvalue weighted by atomic mass is 10.2. The number of nitrogens with zero attached hydrogens (tertiary/aromatic N) is 2. The van der Waals surface area contributed by atoms with Gasteiger partial charge in [0.25, 0.3) is 0 Å². The van der Waals surface area contributed by atoms with Crippen LogP contribution < -0.4 is 11.0 Å². The number of aromatic amines is 2. The largest absolute Gasteiger partial charge is 0.325 e. The molecule has 0 radical (unpaired) electrons. The van der Waals surface area contributed by atoms with E-state index in [0.29, 0.717) is 16.7 Å². The van der Waals surface area contributed by atoms with E-state index in [1.54, 1.807) is 35.9 Å². The fraction of sp³-hybridized carbons (Fsp3) is 0.222. The van der Waals surface area contributed by atoms with Crippen molar-refractivity contribution in [3.63, 3.8) is 0 Å². The molecule has 9 heteroatoms. The van der Waals surface area contributed by atoms with Gasteiger partial charge in [0.05, 0.1) is 16.3 Å². The quantitative estimate of drug-likeness (QED) is 0.359. The number of amides is 1. The lowest BCUT2D eigenvalue weighted by Crippen LogP contribution is -2.22. The maximum absolute atomic E-state index is 12.6. The summed E-state index contributed by atoms with van der Waals surface area (Å²) in [6, 6.07) is 5.25. The van der Waals surface area contributed by atoms with Crippen LogP contribution in [0.1, 0.15) is 17.4 Å². The first-order chi connectivity index (χ1) is 12.9. The van der Waals surface area contributed by atoms with Gasteiger partial charge in [0.15, 0.2) is 0 Å². The van der Waals surface area contributed by atoms with Gasteiger partial charge in [0.1, 0.15) is 16.2 Å². The Morgan fingerprint density at radius 2 is 2.00 bits per heavy atom. The highest BCUT2D eigenvalue weighted by Crippen LogP contribution is 2.36. The first-order valence-corrected chi connectivity index (χ1v) is 10.0. The molecule has 1 aromatic carbocycles. The molecular formula is C18H17N5O2S2. The average Bonchev–Trinajstić information content (AvgIpc) is 3.14. The van der Waals surface area contributed by atoms with E-state index >= 15 is 0 Å². The minimum atomic E-state index is -0.344. The molecule has 3 heterocycles. The van der Waals surface area contributed by atoms with Gasteiger partial charge in [0.2, 0.25) is 5.91 Å². The number of H-pyrrole nitrogens is 2. The summed E-state index contributed by atoms with van der Waals surface area (Å²) in [6.07, 6.45) is 1.54. The molecule has 0 aliphatic heterocycles. The molecule has 1 amide bonds. The highest BCUT2D eigenvalue weighted by molar-refractivity contribution is 8.00. The smallest absolute Gasteiger partial charge is 0.323 e. The maximum atomic E-state index is 12.6. The van der Waals surface area contributed by atoms with Crippen LogP contribution in [0.5, 0.6) is 0 Å². The number of hydrogen-bond acceptors (Lipinski definition) is 6. The second kappa shape index (κ2) is 6.82. The Morgan fingerprint density at radius 1 is 1.22 bits per heavy atom. The monoisotopic (exact) mass is 399 g/mol. The zero-order chi connectivity index (χ0) is 19.1. The SMILES string of the molecule is Cc1sc2ncnc(SC(C)C(=O)Nc3ccc4[nH]c(=O)[nH]c4c3)c2c1C. The van der Waals surface area contributed by atoms with Crippen molar-refractivity contribution in [3.05, 3.63) is 45.5 Å². The number of carbonyl (C=O) groups excluding carboxylic acids is 1. The highest BCUT2D eigenvalue weighted by atomic mass is 32.2. The Kier molecular flexibility index (Phi) is 4.48. The third-order valence-electron chi connectivity index (χ3n) is 4.37. The van der Waals surface area contributed by atoms with Gasteiger partial charge < -0.3 is 15.3 Å². The summed E-state index contributed by atoms with van der Waals surface area (Å²) in [5, 5.41) is 4.39. The van der Waals surface area contributed by atoms with Crippen molar-refractivity contribution in [2.75, 3.05) is 5.32 Å². The molecule has 0 aliphatic rings. The van der Waals surface area contributed by atoms with Gasteiger partial charge in [-0.25, -0.2) is 14.8 Å². The lowest BCUT2D eigenvalue weighted by Gasteiger charge is -2.12. The van der Waals surface area contributed by atoms with E-state index in [9.17, 15) is 9.59 Å². The van der Waals surface area contributed by atoms with Crippen LogP contribution >= 0.6 is 23.1 Å². The Labute approximate surface area is 162 Å². The van der Waals surface area contributed by atoms with Gasteiger partial charge in [-0.05, 0) is 44.5 Å². The predicted molar refractivity (Wildman–Crippen MR) is 110 cm³/mol. The molecule has 7 nitrogen and oxygen atoms in total. The number of thioether (sulfide) groups is 1. The minimum Gasteiger partial charge on any atom is -0.325 e. The van der Waals surface area contributed by atoms with Crippen LogP contribution in [0.4, 0.5) is 5.69 Å². The van der Waals surface area contributed by atoms with Crippen molar-refractivity contribution in [3.8, 4) is 0 Å². The molecule has 27 heavy (non-hydrogen) atoms. The number of aromatic nitrogens is 4. The Morgan fingerprint density at radius 3 is 2.81 bits per heavy atom. The van der Waals surface area contributed by atoms with E-state index in [1.807, 2.05) is 6.92 Å². The fourth-order valence-electron chi connectivity index (χ4n) is 2.81. The normalized spacial score (nSPS) is 12.6. The molecule has 4 aromatic rings. The van der Waals surface area contributed by atoms with Crippen molar-refractivity contribution in [2.24, 2.45) is 0 Å². The second-order valence-electron chi connectivity index (χ2n) is 6.23. The number of aryl methyl sites for hydroxylation is 2. The lowest BCUT2D eigenvalue weighted by molar-refractivity contribution is -0.115. The summed E-state index contributed by atoms with van der Waals surface area (Å²) in [6.45, 7) is 5.96. The molecule has 0 spiro atoms. The van der Waals surface area contributed by atoms with Gasteiger partial charge in [-0.1, -0.05) is 11.8 Å². The average molecular weight is 400 g/mol. The van der Waals surface area contributed by atoms with Crippen molar-refractivity contribution >= 4 is 55.9 Å². The molecule has 3 aromatic heterocycles. The third-order valence-corrected chi connectivity index (χ3v) is 6.59. The summed E-state index contributed by atoms with van der Waals surface area (Å²) < 4.78 is 0. The molecule has 0 bridgehead atoms. The molecule has 1 unspecified atom stereocenters. The molecular weight excluding hydrogens is 382 g/mol. The third kappa shape index (κ3) is 3.35. The molecule has 0 saturated heterocycles. The Bertz CT molecular complexity index is 1220. The molecule has 138 valence electrons. The molecule has 0 fully saturated rings. The summed E-state index contributed by atoms with van der Waals surface area (Å²) in [7, 11) is 0. The van der Waals surface area contributed by atoms with E-state index < -0.39 is 0 Å². The number of rotatable bonds is 4. The minimum absolute atomic E-state index is 0.131. The highest BCUT2D eigenvalue weighted by Gasteiger charge is 2.19. The standard InChI is InChI=1S/C18H17N5O2S2/c1-8-9(2)26-16-14(8)17(20-7-19-16)27-10(3)15(24)21-11-4-5-12-13(6-11)23-18(25)22-12/h4-7,10H,1-3H3,(H,21,24)(H2,22,23,25). The van der Waals surface area contributed by atoms with Crippen molar-refractivity contribution < 1.29 is 4.79 Å². The summed E-state index contributed by atoms with van der Waals surface area (Å²) in [4.78, 5) is 40.2. The number of anilines is 1. The Hall–Kier alpha value is -2.65. The van der Waals surface area contributed by atoms with Crippen LogP contribution in [0.25, 0.3) is 21.3 Å². The number of hydrogen-bond donors (Lipinski definition) is 3. The molecule has 0 aliphatic carbocycles. The van der Waals surface area contributed by atoms with Crippen molar-refractivity contribution in [1.82, 2.24) is 19.9 Å². The Balaban J connectivity index is 1.54. The van der Waals surface area contributed by atoms with Crippen LogP contribution in [-0.2, 0) is 4.79 Å². The van der Waals surface area contributed by atoms with Gasteiger partial charge >= 0.3 is 5.69 Å². The zero-order valence-corrected chi connectivity index (χ0v) is 16.5. The summed E-state index contributed by atoms with van der Waals surface area (Å²) >= 11 is 3.05. The molecule has 4 rings (SSSR count). The van der Waals surface area contributed by atoms with E-state index in [1.165, 1.54) is 16.6 Å². The van der Waals surface area contributed by atoms with Gasteiger partial charge in [0, 0.05) is 16.0 Å². The second-order valence-corrected chi connectivity index (χ2v) is 8.76. The van der Waals surface area contributed by atoms with Crippen molar-refractivity contribution in [2.45, 2.75) is 31.0 Å². The van der Waals surface area contributed by atoms with Crippen LogP contribution in [0.15, 0.2) is 34.3 Å². The fourth-order valence-corrected chi connectivity index (χ4v) is 4.85. The van der Waals surface area contributed by atoms with Crippen LogP contribution in [0.2, 0.25) is 0 Å². The number of fused-ring (bicyclic) bond motifs is 2. The van der Waals surface area contributed by atoms with Crippen LogP contribution in [-0.4, -0.2) is 31.1 Å². The topological polar surface area (TPSA) is 104 Å². The number of imidazole rings is 1. The van der Waals surface area contributed by atoms with Gasteiger partial charge in [-0.2, -0.15) is 0 Å². The number of nitrogens with one attached hydrogen (secondary N) is 3. The molecule has 3 N–H and O–H groups in total. The molecule has 0 saturated carbocycles. The van der Waals surface area contributed by atoms with E-state index in [0.717, 1.165) is 20.8 Å².